The number of carboxylic acids is 1. The van der Waals surface area contributed by atoms with Crippen LogP contribution in [0.2, 0.25) is 0 Å². The highest BCUT2D eigenvalue weighted by Gasteiger charge is 2.17. The van der Waals surface area contributed by atoms with Crippen LogP contribution in [-0.2, 0) is 27.2 Å². The van der Waals surface area contributed by atoms with Crippen LogP contribution in [0.4, 0.5) is 0 Å². The van der Waals surface area contributed by atoms with Crippen molar-refractivity contribution in [3.63, 3.8) is 0 Å². The maximum atomic E-state index is 12.9. The van der Waals surface area contributed by atoms with Crippen LogP contribution in [0, 0.1) is 0 Å². The fourth-order valence-electron chi connectivity index (χ4n) is 6.29. The Kier molecular flexibility index (Phi) is 31.3. The number of ether oxygens (including phenoxy) is 1. The van der Waals surface area contributed by atoms with Crippen LogP contribution in [0.25, 0.3) is 0 Å². The number of aromatic nitrogens is 1. The Morgan fingerprint density at radius 2 is 0.940 bits per heavy atom. The molecule has 5 heteroatoms. The van der Waals surface area contributed by atoms with Gasteiger partial charge in [-0.15, -0.1) is 0 Å². The van der Waals surface area contributed by atoms with E-state index in [2.05, 4.69) is 67.4 Å². The van der Waals surface area contributed by atoms with Crippen LogP contribution in [-0.4, -0.2) is 28.1 Å². The summed E-state index contributed by atoms with van der Waals surface area (Å²) in [7, 11) is 0. The molecule has 0 fully saturated rings. The first-order valence-corrected chi connectivity index (χ1v) is 20.7. The molecule has 0 aliphatic rings. The van der Waals surface area contributed by atoms with Crippen molar-refractivity contribution in [1.82, 2.24) is 4.98 Å². The van der Waals surface area contributed by atoms with Gasteiger partial charge in [0.2, 0.25) is 0 Å². The molecule has 0 aliphatic carbocycles. The van der Waals surface area contributed by atoms with Crippen molar-refractivity contribution in [1.29, 1.82) is 0 Å². The fraction of sp³-hybridized carbons (Fsp3) is 0.689. The molecule has 5 nitrogen and oxygen atoms in total. The van der Waals surface area contributed by atoms with Gasteiger partial charge in [-0.2, -0.15) is 0 Å². The SMILES string of the molecule is CCCCC/C=C\C/C=C\CCCCCCCCC(CCCCCCCC/C=C\C/C=C\CCCCC)OC(=O)Cc1c[nH]cc1CC(=O)O. The minimum Gasteiger partial charge on any atom is -0.481 e. The number of carbonyl (C=O) groups is 2. The van der Waals surface area contributed by atoms with Crippen LogP contribution in [0.5, 0.6) is 0 Å². The van der Waals surface area contributed by atoms with E-state index in [1.807, 2.05) is 0 Å². The van der Waals surface area contributed by atoms with E-state index in [0.717, 1.165) is 44.1 Å². The summed E-state index contributed by atoms with van der Waals surface area (Å²) in [6.45, 7) is 4.50. The average Bonchev–Trinajstić information content (AvgIpc) is 3.52. The topological polar surface area (TPSA) is 79.4 Å². The number of carboxylic acid groups (broad SMARTS) is 1. The minimum atomic E-state index is -0.896. The predicted molar refractivity (Wildman–Crippen MR) is 214 cm³/mol. The van der Waals surface area contributed by atoms with Crippen molar-refractivity contribution in [3.05, 3.63) is 72.1 Å². The van der Waals surface area contributed by atoms with E-state index in [1.165, 1.54) is 128 Å². The lowest BCUT2D eigenvalue weighted by molar-refractivity contribution is -0.149. The van der Waals surface area contributed by atoms with Gasteiger partial charge in [-0.1, -0.05) is 140 Å². The third kappa shape index (κ3) is 29.0. The Morgan fingerprint density at radius 3 is 1.36 bits per heavy atom. The molecule has 2 N–H and O–H groups in total. The van der Waals surface area contributed by atoms with Crippen molar-refractivity contribution in [2.24, 2.45) is 0 Å². The second-order valence-corrected chi connectivity index (χ2v) is 14.1. The summed E-state index contributed by atoms with van der Waals surface area (Å²) in [6, 6.07) is 0. The van der Waals surface area contributed by atoms with Crippen LogP contribution in [0.1, 0.15) is 192 Å². The van der Waals surface area contributed by atoms with Gasteiger partial charge in [0.25, 0.3) is 0 Å². The summed E-state index contributed by atoms with van der Waals surface area (Å²) in [5, 5.41) is 9.19. The van der Waals surface area contributed by atoms with E-state index in [4.69, 9.17) is 4.74 Å². The monoisotopic (exact) mass is 694 g/mol. The molecule has 0 aliphatic heterocycles. The summed E-state index contributed by atoms with van der Waals surface area (Å²) in [5.41, 5.74) is 1.37. The smallest absolute Gasteiger partial charge is 0.310 e. The van der Waals surface area contributed by atoms with Gasteiger partial charge in [0.15, 0.2) is 0 Å². The van der Waals surface area contributed by atoms with Gasteiger partial charge < -0.3 is 14.8 Å². The number of aromatic amines is 1. The molecule has 0 unspecified atom stereocenters. The fourth-order valence-corrected chi connectivity index (χ4v) is 6.29. The first-order chi connectivity index (χ1) is 24.6. The Balaban J connectivity index is 2.29. The molecule has 50 heavy (non-hydrogen) atoms. The number of nitrogens with one attached hydrogen (secondary N) is 1. The number of unbranched alkanes of at least 4 members (excludes halogenated alkanes) is 18. The zero-order valence-corrected chi connectivity index (χ0v) is 32.3. The second-order valence-electron chi connectivity index (χ2n) is 14.1. The summed E-state index contributed by atoms with van der Waals surface area (Å²) in [6.07, 6.45) is 53.0. The number of rotatable bonds is 35. The molecule has 0 aromatic carbocycles. The molecule has 0 spiro atoms. The van der Waals surface area contributed by atoms with Gasteiger partial charge in [0.1, 0.15) is 6.10 Å². The lowest BCUT2D eigenvalue weighted by atomic mass is 10.0. The zero-order chi connectivity index (χ0) is 36.2. The van der Waals surface area contributed by atoms with Gasteiger partial charge in [-0.05, 0) is 101 Å². The van der Waals surface area contributed by atoms with Gasteiger partial charge >= 0.3 is 11.9 Å². The van der Waals surface area contributed by atoms with Gasteiger partial charge in [0, 0.05) is 12.4 Å². The van der Waals surface area contributed by atoms with E-state index < -0.39 is 5.97 Å². The van der Waals surface area contributed by atoms with E-state index in [1.54, 1.807) is 12.4 Å². The van der Waals surface area contributed by atoms with E-state index in [-0.39, 0.29) is 24.9 Å². The summed E-state index contributed by atoms with van der Waals surface area (Å²) in [5.74, 6) is -1.15. The van der Waals surface area contributed by atoms with Crippen LogP contribution < -0.4 is 0 Å². The van der Waals surface area contributed by atoms with Crippen molar-refractivity contribution in [3.8, 4) is 0 Å². The molecule has 0 saturated heterocycles. The number of H-pyrrole nitrogens is 1. The number of hydrogen-bond acceptors (Lipinski definition) is 3. The normalized spacial score (nSPS) is 12.1. The third-order valence-corrected chi connectivity index (χ3v) is 9.36. The van der Waals surface area contributed by atoms with Crippen molar-refractivity contribution in [2.75, 3.05) is 0 Å². The molecular weight excluding hydrogens is 618 g/mol. The first kappa shape index (κ1) is 45.2. The van der Waals surface area contributed by atoms with Crippen molar-refractivity contribution in [2.45, 2.75) is 200 Å². The molecule has 1 rings (SSSR count). The summed E-state index contributed by atoms with van der Waals surface area (Å²) < 4.78 is 6.01. The Hall–Kier alpha value is -2.82. The standard InChI is InChI=1S/C45H75NO4/c1-3-5-7-9-11-13-15-17-19-21-23-25-27-29-31-33-35-43(50-45(49)38-42-40-46-39-41(42)37-44(47)48)36-34-32-30-28-26-24-22-20-18-16-14-12-10-8-6-4-2/h11-14,17-20,39-40,43,46H,3-10,15-16,21-38H2,1-2H3,(H,47,48)/b13-11-,14-12-,19-17-,20-18-. The van der Waals surface area contributed by atoms with Crippen LogP contribution in [0.3, 0.4) is 0 Å². The van der Waals surface area contributed by atoms with E-state index >= 15 is 0 Å². The Labute approximate surface area is 307 Å². The number of hydrogen-bond donors (Lipinski definition) is 2. The maximum Gasteiger partial charge on any atom is 0.310 e. The molecule has 1 aromatic rings. The van der Waals surface area contributed by atoms with Crippen LogP contribution >= 0.6 is 0 Å². The van der Waals surface area contributed by atoms with Crippen molar-refractivity contribution < 1.29 is 19.4 Å². The maximum absolute atomic E-state index is 12.9. The quantitative estimate of drug-likeness (QED) is 0.0421. The molecule has 0 amide bonds. The minimum absolute atomic E-state index is 0.0546. The highest BCUT2D eigenvalue weighted by Crippen LogP contribution is 2.19. The number of esters is 1. The Bertz CT molecular complexity index is 1000. The number of aliphatic carboxylic acids is 1. The van der Waals surface area contributed by atoms with Gasteiger partial charge in [0.05, 0.1) is 12.8 Å². The zero-order valence-electron chi connectivity index (χ0n) is 32.3. The molecule has 284 valence electrons. The van der Waals surface area contributed by atoms with Crippen LogP contribution in [0.15, 0.2) is 61.0 Å². The average molecular weight is 694 g/mol. The second kappa shape index (κ2) is 34.6. The highest BCUT2D eigenvalue weighted by atomic mass is 16.5. The molecular formula is C45H75NO4. The van der Waals surface area contributed by atoms with Gasteiger partial charge in [-0.25, -0.2) is 0 Å². The highest BCUT2D eigenvalue weighted by molar-refractivity contribution is 5.75. The summed E-state index contributed by atoms with van der Waals surface area (Å²) >= 11 is 0. The van der Waals surface area contributed by atoms with Gasteiger partial charge in [-0.3, -0.25) is 9.59 Å². The summed E-state index contributed by atoms with van der Waals surface area (Å²) in [4.78, 5) is 27.0. The van der Waals surface area contributed by atoms with E-state index in [9.17, 15) is 14.7 Å². The molecule has 1 aromatic heterocycles. The lowest BCUT2D eigenvalue weighted by Crippen LogP contribution is -2.20. The first-order valence-electron chi connectivity index (χ1n) is 20.7. The molecule has 0 atom stereocenters. The molecule has 0 radical (unpaired) electrons. The molecule has 0 bridgehead atoms. The molecule has 0 saturated carbocycles. The molecule has 1 heterocycles. The Morgan fingerprint density at radius 1 is 0.560 bits per heavy atom. The van der Waals surface area contributed by atoms with E-state index in [0.29, 0.717) is 5.56 Å². The predicted octanol–water partition coefficient (Wildman–Crippen LogP) is 13.5. The third-order valence-electron chi connectivity index (χ3n) is 9.36. The largest absolute Gasteiger partial charge is 0.481 e. The number of carbonyl (C=O) groups excluding carboxylic acids is 1. The lowest BCUT2D eigenvalue weighted by Gasteiger charge is -2.18. The number of allylic oxidation sites excluding steroid dienone is 8. The van der Waals surface area contributed by atoms with Crippen molar-refractivity contribution >= 4 is 11.9 Å².